The zero-order valence-electron chi connectivity index (χ0n) is 15.2. The van der Waals surface area contributed by atoms with Crippen molar-refractivity contribution in [3.8, 4) is 0 Å². The van der Waals surface area contributed by atoms with Gasteiger partial charge in [0.25, 0.3) is 0 Å². The minimum Gasteiger partial charge on any atom is -0.549 e. The van der Waals surface area contributed by atoms with E-state index in [4.69, 9.17) is 10.2 Å². The molecule has 4 radical (unpaired) electrons. The third-order valence-corrected chi connectivity index (χ3v) is 1.98. The Labute approximate surface area is 166 Å². The normalized spacial score (nSPS) is 8.32. The van der Waals surface area contributed by atoms with Crippen LogP contribution in [0.5, 0.6) is 0 Å². The van der Waals surface area contributed by atoms with Crippen LogP contribution < -0.4 is 10.2 Å². The number of aliphatic carboxylic acids is 4. The molecule has 0 saturated heterocycles. The van der Waals surface area contributed by atoms with E-state index in [-0.39, 0.29) is 36.7 Å². The Kier molecular flexibility index (Phi) is 34.8. The quantitative estimate of drug-likeness (QED) is 0.401. The molecule has 9 heteroatoms. The first-order valence-corrected chi connectivity index (χ1v) is 7.47. The van der Waals surface area contributed by atoms with E-state index in [0.29, 0.717) is 0 Å². The number of hydrogen-bond donors (Lipinski definition) is 2. The molecule has 8 nitrogen and oxygen atoms in total. The number of carbonyl (C=O) groups is 4. The van der Waals surface area contributed by atoms with Crippen LogP contribution in [0.15, 0.2) is 0 Å². The van der Waals surface area contributed by atoms with Crippen molar-refractivity contribution >= 4 is 47.8 Å². The molecule has 0 aliphatic carbocycles. The maximum Gasteiger partial charge on any atom is 2.00 e. The van der Waals surface area contributed by atoms with Gasteiger partial charge in [-0.15, -0.1) is 0 Å². The van der Waals surface area contributed by atoms with Gasteiger partial charge in [0.15, 0.2) is 5.92 Å². The maximum atomic E-state index is 9.99. The zero-order valence-corrected chi connectivity index (χ0v) is 18.1. The molecule has 0 amide bonds. The Morgan fingerprint density at radius 3 is 0.960 bits per heavy atom. The van der Waals surface area contributed by atoms with Crippen molar-refractivity contribution < 1.29 is 39.6 Å². The Morgan fingerprint density at radius 1 is 0.760 bits per heavy atom. The van der Waals surface area contributed by atoms with Crippen LogP contribution in [-0.4, -0.2) is 58.0 Å². The van der Waals surface area contributed by atoms with Crippen LogP contribution in [0, 0.1) is 25.7 Å². The van der Waals surface area contributed by atoms with Crippen LogP contribution in [0.3, 0.4) is 0 Å². The average molecular weight is 467 g/mol. The number of carboxylic acids is 4. The summed E-state index contributed by atoms with van der Waals surface area (Å²) in [6.07, 6.45) is 2.13. The Bertz CT molecular complexity index is 296. The van der Waals surface area contributed by atoms with Gasteiger partial charge in [-0.05, 0) is 12.8 Å². The van der Waals surface area contributed by atoms with Crippen molar-refractivity contribution in [2.24, 2.45) is 11.8 Å². The average Bonchev–Trinajstić information content (AvgIpc) is 2.40. The molecule has 0 heterocycles. The summed E-state index contributed by atoms with van der Waals surface area (Å²) in [4.78, 5) is 39.7. The van der Waals surface area contributed by atoms with Gasteiger partial charge in [0.2, 0.25) is 0 Å². The summed E-state index contributed by atoms with van der Waals surface area (Å²) in [7, 11) is 0. The van der Waals surface area contributed by atoms with E-state index in [9.17, 15) is 29.4 Å². The maximum absolute atomic E-state index is 9.99. The largest absolute Gasteiger partial charge is 2.00 e. The van der Waals surface area contributed by atoms with Gasteiger partial charge in [0, 0.05) is 5.92 Å². The van der Waals surface area contributed by atoms with E-state index in [0.717, 1.165) is 12.8 Å². The van der Waals surface area contributed by atoms with Gasteiger partial charge in [-0.3, -0.25) is 9.59 Å². The summed E-state index contributed by atoms with van der Waals surface area (Å²) in [6, 6.07) is 0. The molecule has 0 aromatic carbocycles. The molecular formula is C16H28O8Sn. The van der Waals surface area contributed by atoms with Gasteiger partial charge in [-0.25, -0.2) is 0 Å². The van der Waals surface area contributed by atoms with Crippen LogP contribution in [0.4, 0.5) is 0 Å². The second-order valence-corrected chi connectivity index (χ2v) is 4.24. The van der Waals surface area contributed by atoms with Crippen LogP contribution >= 0.6 is 0 Å². The Hall–Kier alpha value is -1.32. The van der Waals surface area contributed by atoms with Gasteiger partial charge in [-0.1, -0.05) is 54.4 Å². The van der Waals surface area contributed by atoms with E-state index >= 15 is 0 Å². The first-order chi connectivity index (χ1) is 11.0. The second-order valence-electron chi connectivity index (χ2n) is 4.24. The molecule has 144 valence electrons. The van der Waals surface area contributed by atoms with Crippen molar-refractivity contribution in [1.29, 1.82) is 0 Å². The fraction of sp³-hybridized carbons (Fsp3) is 0.625. The van der Waals surface area contributed by atoms with Gasteiger partial charge >= 0.3 is 35.8 Å². The fourth-order valence-corrected chi connectivity index (χ4v) is 0.884. The molecule has 25 heavy (non-hydrogen) atoms. The van der Waals surface area contributed by atoms with E-state index in [1.165, 1.54) is 13.8 Å². The predicted molar refractivity (Wildman–Crippen MR) is 89.9 cm³/mol. The molecule has 0 fully saturated rings. The van der Waals surface area contributed by atoms with Crippen molar-refractivity contribution in [3.05, 3.63) is 13.8 Å². The molecule has 0 aliphatic rings. The standard InChI is InChI=1S/2C5H8O4.2C3H7.Sn/c2*1-2-3(4(6)7)5(8)9;2*1-3-2;/h2*3H,2H2,1H3,(H,6,7)(H,8,9);2*1,3H2,2H3;/q;;;;+2/p-2. The van der Waals surface area contributed by atoms with E-state index in [1.54, 1.807) is 0 Å². The molecule has 0 unspecified atom stereocenters. The molecule has 0 rings (SSSR count). The van der Waals surface area contributed by atoms with Gasteiger partial charge in [-0.2, -0.15) is 0 Å². The summed E-state index contributed by atoms with van der Waals surface area (Å²) in [6.45, 7) is 14.0. The summed E-state index contributed by atoms with van der Waals surface area (Å²) in [5.41, 5.74) is 0. The summed E-state index contributed by atoms with van der Waals surface area (Å²) in [5, 5.41) is 36.0. The van der Waals surface area contributed by atoms with Crippen LogP contribution in [-0.2, 0) is 19.2 Å². The molecular weight excluding hydrogens is 439 g/mol. The predicted octanol–water partition coefficient (Wildman–Crippen LogP) is -0.226. The molecule has 0 bridgehead atoms. The van der Waals surface area contributed by atoms with Crippen molar-refractivity contribution in [1.82, 2.24) is 0 Å². The monoisotopic (exact) mass is 468 g/mol. The minimum atomic E-state index is -1.59. The number of hydrogen-bond acceptors (Lipinski definition) is 6. The minimum absolute atomic E-state index is 0. The Balaban J connectivity index is -0.0000000788. The molecule has 0 aromatic heterocycles. The summed E-state index contributed by atoms with van der Waals surface area (Å²) >= 11 is 0. The molecule has 0 spiro atoms. The number of carbonyl (C=O) groups excluding carboxylic acids is 2. The topological polar surface area (TPSA) is 155 Å². The smallest absolute Gasteiger partial charge is 0.549 e. The van der Waals surface area contributed by atoms with Gasteiger partial charge < -0.3 is 30.0 Å². The first kappa shape index (κ1) is 34.9. The number of carboxylic acid groups (broad SMARTS) is 4. The van der Waals surface area contributed by atoms with E-state index in [2.05, 4.69) is 13.8 Å². The molecule has 0 saturated carbocycles. The number of rotatable bonds is 6. The second kappa shape index (κ2) is 24.9. The van der Waals surface area contributed by atoms with Gasteiger partial charge in [0.05, 0.1) is 11.9 Å². The van der Waals surface area contributed by atoms with Crippen molar-refractivity contribution in [2.75, 3.05) is 0 Å². The van der Waals surface area contributed by atoms with Crippen LogP contribution in [0.25, 0.3) is 0 Å². The summed E-state index contributed by atoms with van der Waals surface area (Å²) < 4.78 is 0. The zero-order chi connectivity index (χ0) is 20.3. The van der Waals surface area contributed by atoms with Crippen molar-refractivity contribution in [2.45, 2.75) is 53.4 Å². The molecule has 2 N–H and O–H groups in total. The molecule has 0 atom stereocenters. The SMILES string of the molecule is CCC(C(=O)O)C(=O)O.CCC(C(=O)[O-])C(=O)[O-].[CH2]CC.[CH2]CC.[Sn+2]. The summed E-state index contributed by atoms with van der Waals surface area (Å²) in [5.74, 6) is -8.43. The molecule has 0 aromatic rings. The molecule has 0 aliphatic heterocycles. The Morgan fingerprint density at radius 2 is 0.960 bits per heavy atom. The van der Waals surface area contributed by atoms with Crippen molar-refractivity contribution in [3.63, 3.8) is 0 Å². The van der Waals surface area contributed by atoms with Crippen LogP contribution in [0.2, 0.25) is 0 Å². The third kappa shape index (κ3) is 27.8. The third-order valence-electron chi connectivity index (χ3n) is 1.98. The van der Waals surface area contributed by atoms with E-state index < -0.39 is 35.7 Å². The van der Waals surface area contributed by atoms with Gasteiger partial charge in [0.1, 0.15) is 0 Å². The first-order valence-electron chi connectivity index (χ1n) is 7.47. The van der Waals surface area contributed by atoms with E-state index in [1.807, 2.05) is 13.8 Å². The fourth-order valence-electron chi connectivity index (χ4n) is 0.884. The van der Waals surface area contributed by atoms with Crippen LogP contribution in [0.1, 0.15) is 53.4 Å².